The molecule has 0 amide bonds. The minimum absolute atomic E-state index is 0.0994. The summed E-state index contributed by atoms with van der Waals surface area (Å²) in [6.07, 6.45) is 0.582. The van der Waals surface area contributed by atoms with Crippen LogP contribution in [0.25, 0.3) is 11.3 Å². The Morgan fingerprint density at radius 2 is 1.77 bits per heavy atom. The molecule has 0 bridgehead atoms. The number of ether oxygens (including phenoxy) is 3. The Hall–Kier alpha value is -3.20. The normalized spacial score (nSPS) is 15.1. The summed E-state index contributed by atoms with van der Waals surface area (Å²) >= 11 is 0. The summed E-state index contributed by atoms with van der Waals surface area (Å²) in [7, 11) is 0.337. The molecule has 1 aliphatic rings. The van der Waals surface area contributed by atoms with Crippen molar-refractivity contribution in [2.75, 3.05) is 26.1 Å². The number of fused-ring (bicyclic) bond motifs is 3. The van der Waals surface area contributed by atoms with Crippen molar-refractivity contribution in [3.05, 3.63) is 47.5 Å². The van der Waals surface area contributed by atoms with Crippen LogP contribution in [0.2, 0.25) is 0 Å². The molecule has 9 heteroatoms. The molecule has 1 aliphatic carbocycles. The molecule has 158 valence electrons. The summed E-state index contributed by atoms with van der Waals surface area (Å²) in [4.78, 5) is -0.0994. The Bertz CT molecular complexity index is 1180. The van der Waals surface area contributed by atoms with E-state index in [-0.39, 0.29) is 28.1 Å². The van der Waals surface area contributed by atoms with E-state index in [2.05, 4.69) is 16.8 Å². The third-order valence-corrected chi connectivity index (χ3v) is 6.62. The van der Waals surface area contributed by atoms with Crippen molar-refractivity contribution in [2.24, 2.45) is 0 Å². The molecule has 1 N–H and O–H groups in total. The lowest BCUT2D eigenvalue weighted by atomic mass is 9.83. The summed E-state index contributed by atoms with van der Waals surface area (Å²) in [6.45, 7) is 2.07. The van der Waals surface area contributed by atoms with Crippen LogP contribution >= 0.6 is 0 Å². The number of benzene rings is 2. The number of nitrogens with zero attached hydrogens (tertiary/aromatic N) is 1. The van der Waals surface area contributed by atoms with Crippen LogP contribution in [-0.4, -0.2) is 34.9 Å². The maximum atomic E-state index is 13.2. The van der Waals surface area contributed by atoms with Gasteiger partial charge in [-0.1, -0.05) is 24.2 Å². The van der Waals surface area contributed by atoms with Gasteiger partial charge in [-0.15, -0.1) is 0 Å². The van der Waals surface area contributed by atoms with E-state index in [1.807, 2.05) is 18.2 Å². The Labute approximate surface area is 174 Å². The fraction of sp³-hybridized carbons (Fsp3) is 0.286. The van der Waals surface area contributed by atoms with Crippen molar-refractivity contribution in [3.63, 3.8) is 0 Å². The highest BCUT2D eigenvalue weighted by atomic mass is 32.2. The lowest BCUT2D eigenvalue weighted by Crippen LogP contribution is -2.17. The van der Waals surface area contributed by atoms with Crippen LogP contribution in [-0.2, 0) is 16.4 Å². The molecular weight excluding hydrogens is 408 g/mol. The quantitative estimate of drug-likeness (QED) is 0.634. The lowest BCUT2D eigenvalue weighted by Gasteiger charge is -2.22. The molecule has 0 aliphatic heterocycles. The first-order valence-electron chi connectivity index (χ1n) is 9.30. The zero-order valence-corrected chi connectivity index (χ0v) is 17.9. The smallest absolute Gasteiger partial charge is 0.270 e. The van der Waals surface area contributed by atoms with Crippen LogP contribution < -0.4 is 18.9 Å². The Morgan fingerprint density at radius 1 is 1.07 bits per heavy atom. The van der Waals surface area contributed by atoms with Crippen molar-refractivity contribution in [2.45, 2.75) is 24.2 Å². The zero-order chi connectivity index (χ0) is 21.5. The molecule has 2 aromatic carbocycles. The largest absolute Gasteiger partial charge is 0.497 e. The standard InChI is InChI=1S/C21H22N2O6S/c1-12-10-16-19(15-11-13(26-2)8-9-14(12)15)29-22-21(16)23-30(24,25)20-17(27-3)6-5-7-18(20)28-4/h5-9,11-12H,10H2,1-4H3,(H,22,23)/t12-/m0/s1. The van der Waals surface area contributed by atoms with Crippen molar-refractivity contribution in [1.29, 1.82) is 0 Å². The molecule has 1 heterocycles. The van der Waals surface area contributed by atoms with Gasteiger partial charge in [-0.2, -0.15) is 0 Å². The Kier molecular flexibility index (Phi) is 5.07. The fourth-order valence-electron chi connectivity index (χ4n) is 3.76. The Morgan fingerprint density at radius 3 is 2.40 bits per heavy atom. The molecule has 0 radical (unpaired) electrons. The van der Waals surface area contributed by atoms with E-state index in [0.29, 0.717) is 23.5 Å². The minimum Gasteiger partial charge on any atom is -0.497 e. The second-order valence-electron chi connectivity index (χ2n) is 6.99. The molecule has 0 fully saturated rings. The highest BCUT2D eigenvalue weighted by Gasteiger charge is 2.32. The number of nitrogens with one attached hydrogen (secondary N) is 1. The summed E-state index contributed by atoms with van der Waals surface area (Å²) in [5.74, 6) is 1.86. The summed E-state index contributed by atoms with van der Waals surface area (Å²) in [6, 6.07) is 10.5. The van der Waals surface area contributed by atoms with Gasteiger partial charge in [-0.05, 0) is 42.2 Å². The van der Waals surface area contributed by atoms with Crippen LogP contribution in [0.3, 0.4) is 0 Å². The zero-order valence-electron chi connectivity index (χ0n) is 17.1. The minimum atomic E-state index is -4.06. The number of anilines is 1. The first-order chi connectivity index (χ1) is 14.4. The van der Waals surface area contributed by atoms with Crippen molar-refractivity contribution in [3.8, 4) is 28.6 Å². The van der Waals surface area contributed by atoms with Gasteiger partial charge >= 0.3 is 0 Å². The second-order valence-corrected chi connectivity index (χ2v) is 8.61. The second kappa shape index (κ2) is 7.56. The molecule has 3 aromatic rings. The first-order valence-corrected chi connectivity index (χ1v) is 10.8. The number of hydrogen-bond acceptors (Lipinski definition) is 7. The monoisotopic (exact) mass is 430 g/mol. The average molecular weight is 430 g/mol. The molecule has 4 rings (SSSR count). The predicted octanol–water partition coefficient (Wildman–Crippen LogP) is 3.83. The van der Waals surface area contributed by atoms with Gasteiger partial charge in [0.15, 0.2) is 16.5 Å². The number of hydrogen-bond donors (Lipinski definition) is 1. The number of methoxy groups -OCH3 is 3. The first kappa shape index (κ1) is 20.1. The van der Waals surface area contributed by atoms with E-state index in [0.717, 1.165) is 11.1 Å². The molecule has 1 aromatic heterocycles. The highest BCUT2D eigenvalue weighted by Crippen LogP contribution is 2.44. The van der Waals surface area contributed by atoms with E-state index < -0.39 is 10.0 Å². The van der Waals surface area contributed by atoms with Gasteiger partial charge in [0.25, 0.3) is 10.0 Å². The number of rotatable bonds is 6. The van der Waals surface area contributed by atoms with E-state index in [1.54, 1.807) is 25.3 Å². The lowest BCUT2D eigenvalue weighted by molar-refractivity contribution is 0.373. The third-order valence-electron chi connectivity index (χ3n) is 5.22. The van der Waals surface area contributed by atoms with Gasteiger partial charge in [0.1, 0.15) is 17.2 Å². The summed E-state index contributed by atoms with van der Waals surface area (Å²) in [5.41, 5.74) is 2.64. The predicted molar refractivity (Wildman–Crippen MR) is 111 cm³/mol. The van der Waals surface area contributed by atoms with Crippen LogP contribution in [0.4, 0.5) is 5.82 Å². The molecule has 30 heavy (non-hydrogen) atoms. The SMILES string of the molecule is COc1ccc2c(c1)-c1onc(NS(=O)(=O)c3c(OC)cccc3OC)c1C[C@@H]2C. The average Bonchev–Trinajstić information content (AvgIpc) is 3.14. The van der Waals surface area contributed by atoms with Crippen molar-refractivity contribution in [1.82, 2.24) is 5.16 Å². The van der Waals surface area contributed by atoms with Gasteiger partial charge in [0.2, 0.25) is 0 Å². The molecule has 0 spiro atoms. The molecule has 0 saturated carbocycles. The highest BCUT2D eigenvalue weighted by molar-refractivity contribution is 7.93. The van der Waals surface area contributed by atoms with Gasteiger partial charge in [-0.25, -0.2) is 8.42 Å². The van der Waals surface area contributed by atoms with E-state index in [1.165, 1.54) is 14.2 Å². The van der Waals surface area contributed by atoms with E-state index in [9.17, 15) is 8.42 Å². The van der Waals surface area contributed by atoms with E-state index in [4.69, 9.17) is 18.7 Å². The van der Waals surface area contributed by atoms with Crippen molar-refractivity contribution < 1.29 is 27.2 Å². The Balaban J connectivity index is 1.78. The topological polar surface area (TPSA) is 99.9 Å². The van der Waals surface area contributed by atoms with Crippen LogP contribution in [0.1, 0.15) is 24.0 Å². The molecule has 0 unspecified atom stereocenters. The molecule has 1 atom stereocenters. The summed E-state index contributed by atoms with van der Waals surface area (Å²) in [5, 5.41) is 4.02. The summed E-state index contributed by atoms with van der Waals surface area (Å²) < 4.78 is 50.3. The van der Waals surface area contributed by atoms with Crippen LogP contribution in [0, 0.1) is 0 Å². The van der Waals surface area contributed by atoms with Crippen LogP contribution in [0.15, 0.2) is 45.8 Å². The molecule has 0 saturated heterocycles. The van der Waals surface area contributed by atoms with Gasteiger partial charge in [0, 0.05) is 11.1 Å². The molecule has 8 nitrogen and oxygen atoms in total. The van der Waals surface area contributed by atoms with Crippen LogP contribution in [0.5, 0.6) is 17.2 Å². The maximum Gasteiger partial charge on any atom is 0.270 e. The maximum absolute atomic E-state index is 13.2. The van der Waals surface area contributed by atoms with E-state index >= 15 is 0 Å². The van der Waals surface area contributed by atoms with Gasteiger partial charge in [-0.3, -0.25) is 4.72 Å². The number of sulfonamides is 1. The fourth-order valence-corrected chi connectivity index (χ4v) is 5.11. The van der Waals surface area contributed by atoms with Gasteiger partial charge < -0.3 is 18.7 Å². The van der Waals surface area contributed by atoms with Crippen molar-refractivity contribution >= 4 is 15.8 Å². The van der Waals surface area contributed by atoms with Gasteiger partial charge in [0.05, 0.1) is 21.3 Å². The third kappa shape index (κ3) is 3.24. The number of aromatic nitrogens is 1. The molecular formula is C21H22N2O6S.